The number of piperidine rings is 1. The van der Waals surface area contributed by atoms with Crippen molar-refractivity contribution in [2.24, 2.45) is 0 Å². The molecule has 0 aromatic carbocycles. The molecule has 2 saturated heterocycles. The van der Waals surface area contributed by atoms with Crippen molar-refractivity contribution >= 4 is 22.8 Å². The van der Waals surface area contributed by atoms with Crippen molar-refractivity contribution < 1.29 is 4.79 Å². The van der Waals surface area contributed by atoms with Gasteiger partial charge in [-0.3, -0.25) is 9.69 Å². The zero-order valence-corrected chi connectivity index (χ0v) is 13.9. The molecule has 2 unspecified atom stereocenters. The lowest BCUT2D eigenvalue weighted by atomic mass is 9.97. The highest BCUT2D eigenvalue weighted by Gasteiger charge is 2.34. The van der Waals surface area contributed by atoms with Gasteiger partial charge in [0, 0.05) is 25.2 Å². The number of hydrogen-bond donors (Lipinski definition) is 0. The van der Waals surface area contributed by atoms with E-state index in [1.54, 1.807) is 11.3 Å². The van der Waals surface area contributed by atoms with E-state index >= 15 is 0 Å². The quantitative estimate of drug-likeness (QED) is 0.801. The van der Waals surface area contributed by atoms with E-state index in [-0.39, 0.29) is 0 Å². The van der Waals surface area contributed by atoms with Crippen molar-refractivity contribution in [3.05, 3.63) is 10.6 Å². The molecule has 0 radical (unpaired) electrons. The Kier molecular flexibility index (Phi) is 4.60. The van der Waals surface area contributed by atoms with Crippen LogP contribution in [0.1, 0.15) is 54.9 Å². The van der Waals surface area contributed by atoms with Crippen molar-refractivity contribution in [2.45, 2.75) is 58.0 Å². The third-order valence-electron chi connectivity index (χ3n) is 4.74. The topological polar surface area (TPSA) is 36.4 Å². The van der Waals surface area contributed by atoms with E-state index in [1.807, 2.05) is 0 Å². The summed E-state index contributed by atoms with van der Waals surface area (Å²) in [6.07, 6.45) is 6.92. The fourth-order valence-electron chi connectivity index (χ4n) is 3.60. The van der Waals surface area contributed by atoms with E-state index in [9.17, 15) is 4.79 Å². The van der Waals surface area contributed by atoms with E-state index in [2.05, 4.69) is 23.6 Å². The molecule has 2 atom stereocenters. The third-order valence-corrected chi connectivity index (χ3v) is 5.80. The molecule has 1 aromatic rings. The number of nitrogens with zero attached hydrogens (tertiary/aromatic N) is 3. The summed E-state index contributed by atoms with van der Waals surface area (Å²) in [6.45, 7) is 7.87. The zero-order chi connectivity index (χ0) is 14.8. The largest absolute Gasteiger partial charge is 0.343 e. The molecule has 1 aromatic heterocycles. The smallest absolute Gasteiger partial charge is 0.186 e. The lowest BCUT2D eigenvalue weighted by molar-refractivity contribution is 0.112. The van der Waals surface area contributed by atoms with E-state index in [0.717, 1.165) is 47.9 Å². The summed E-state index contributed by atoms with van der Waals surface area (Å²) in [7, 11) is 0. The average molecular weight is 307 g/mol. The summed E-state index contributed by atoms with van der Waals surface area (Å²) in [5.74, 6) is 0. The predicted octanol–water partition coefficient (Wildman–Crippen LogP) is 2.97. The summed E-state index contributed by atoms with van der Waals surface area (Å²) >= 11 is 1.58. The highest BCUT2D eigenvalue weighted by atomic mass is 32.1. The Balaban J connectivity index is 1.80. The van der Waals surface area contributed by atoms with E-state index in [1.165, 1.54) is 25.8 Å². The molecule has 21 heavy (non-hydrogen) atoms. The van der Waals surface area contributed by atoms with Gasteiger partial charge in [-0.15, -0.1) is 0 Å². The molecule has 2 aliphatic heterocycles. The maximum atomic E-state index is 11.3. The Bertz CT molecular complexity index is 502. The Morgan fingerprint density at radius 2 is 2.24 bits per heavy atom. The fourth-order valence-corrected chi connectivity index (χ4v) is 4.64. The second kappa shape index (κ2) is 6.44. The molecule has 0 spiro atoms. The van der Waals surface area contributed by atoms with Gasteiger partial charge in [-0.1, -0.05) is 31.1 Å². The number of aromatic nitrogens is 1. The van der Waals surface area contributed by atoms with Crippen LogP contribution < -0.4 is 4.90 Å². The lowest BCUT2D eigenvalue weighted by Crippen LogP contribution is -2.58. The van der Waals surface area contributed by atoms with Crippen LogP contribution in [-0.4, -0.2) is 47.9 Å². The number of aryl methyl sites for hydroxylation is 1. The third kappa shape index (κ3) is 2.99. The predicted molar refractivity (Wildman–Crippen MR) is 87.5 cm³/mol. The van der Waals surface area contributed by atoms with Crippen LogP contribution in [0.15, 0.2) is 0 Å². The summed E-state index contributed by atoms with van der Waals surface area (Å²) in [4.78, 5) is 21.9. The van der Waals surface area contributed by atoms with E-state index in [4.69, 9.17) is 4.98 Å². The van der Waals surface area contributed by atoms with Crippen molar-refractivity contribution in [1.29, 1.82) is 0 Å². The molecule has 3 rings (SSSR count). The highest BCUT2D eigenvalue weighted by Crippen LogP contribution is 2.32. The van der Waals surface area contributed by atoms with Gasteiger partial charge in [0.2, 0.25) is 0 Å². The van der Waals surface area contributed by atoms with Crippen LogP contribution in [-0.2, 0) is 6.42 Å². The number of thiazole rings is 1. The van der Waals surface area contributed by atoms with Gasteiger partial charge in [-0.2, -0.15) is 0 Å². The first-order valence-electron chi connectivity index (χ1n) is 8.18. The summed E-state index contributed by atoms with van der Waals surface area (Å²) in [6, 6.07) is 1.16. The van der Waals surface area contributed by atoms with Crippen LogP contribution in [0.3, 0.4) is 0 Å². The van der Waals surface area contributed by atoms with Crippen LogP contribution in [0.2, 0.25) is 0 Å². The molecule has 5 heteroatoms. The number of hydrogen-bond acceptors (Lipinski definition) is 5. The zero-order valence-electron chi connectivity index (χ0n) is 13.0. The molecule has 0 bridgehead atoms. The fraction of sp³-hybridized carbons (Fsp3) is 0.750. The number of aldehydes is 1. The summed E-state index contributed by atoms with van der Waals surface area (Å²) < 4.78 is 0. The number of piperazine rings is 1. The summed E-state index contributed by atoms with van der Waals surface area (Å²) in [5.41, 5.74) is 0.991. The number of rotatable bonds is 4. The minimum atomic E-state index is 0.486. The molecule has 0 amide bonds. The van der Waals surface area contributed by atoms with Crippen molar-refractivity contribution in [3.63, 3.8) is 0 Å². The van der Waals surface area contributed by atoms with Gasteiger partial charge in [-0.25, -0.2) is 4.98 Å². The van der Waals surface area contributed by atoms with Gasteiger partial charge in [0.15, 0.2) is 11.4 Å². The standard InChI is InChI=1S/C16H25N3OS/c1-3-6-14-15(11-20)21-16(17-14)19-10-13-7-4-5-8-18(13)9-12(19)2/h11-13H,3-10H2,1-2H3. The van der Waals surface area contributed by atoms with Crippen LogP contribution in [0, 0.1) is 0 Å². The van der Waals surface area contributed by atoms with Crippen LogP contribution in [0.4, 0.5) is 5.13 Å². The first-order chi connectivity index (χ1) is 10.2. The monoisotopic (exact) mass is 307 g/mol. The minimum absolute atomic E-state index is 0.486. The lowest BCUT2D eigenvalue weighted by Gasteiger charge is -2.47. The molecule has 0 saturated carbocycles. The second-order valence-electron chi connectivity index (χ2n) is 6.32. The number of carbonyl (C=O) groups excluding carboxylic acids is 1. The Morgan fingerprint density at radius 1 is 1.38 bits per heavy atom. The Hall–Kier alpha value is -0.940. The van der Waals surface area contributed by atoms with Gasteiger partial charge in [0.25, 0.3) is 0 Å². The van der Waals surface area contributed by atoms with Crippen LogP contribution >= 0.6 is 11.3 Å². The number of carbonyl (C=O) groups is 1. The van der Waals surface area contributed by atoms with Gasteiger partial charge in [0.05, 0.1) is 10.6 Å². The normalized spacial score (nSPS) is 26.7. The SMILES string of the molecule is CCCc1nc(N2CC3CCCCN3CC2C)sc1C=O. The molecule has 0 aliphatic carbocycles. The second-order valence-corrected chi connectivity index (χ2v) is 7.33. The van der Waals surface area contributed by atoms with Gasteiger partial charge in [0.1, 0.15) is 0 Å². The molecule has 116 valence electrons. The van der Waals surface area contributed by atoms with Gasteiger partial charge >= 0.3 is 0 Å². The van der Waals surface area contributed by atoms with Crippen molar-refractivity contribution in [2.75, 3.05) is 24.5 Å². The van der Waals surface area contributed by atoms with E-state index in [0.29, 0.717) is 12.1 Å². The number of anilines is 1. The Labute approximate surface area is 131 Å². The first kappa shape index (κ1) is 15.0. The maximum Gasteiger partial charge on any atom is 0.186 e. The van der Waals surface area contributed by atoms with E-state index < -0.39 is 0 Å². The molecular formula is C16H25N3OS. The Morgan fingerprint density at radius 3 is 3.00 bits per heavy atom. The summed E-state index contributed by atoms with van der Waals surface area (Å²) in [5, 5.41) is 1.05. The van der Waals surface area contributed by atoms with Gasteiger partial charge < -0.3 is 4.90 Å². The van der Waals surface area contributed by atoms with Crippen LogP contribution in [0.25, 0.3) is 0 Å². The molecule has 4 nitrogen and oxygen atoms in total. The van der Waals surface area contributed by atoms with Gasteiger partial charge in [-0.05, 0) is 32.7 Å². The van der Waals surface area contributed by atoms with Crippen LogP contribution in [0.5, 0.6) is 0 Å². The van der Waals surface area contributed by atoms with Crippen molar-refractivity contribution in [3.8, 4) is 0 Å². The molecule has 3 heterocycles. The molecule has 0 N–H and O–H groups in total. The molecule has 2 aliphatic rings. The van der Waals surface area contributed by atoms with Crippen molar-refractivity contribution in [1.82, 2.24) is 9.88 Å². The molecule has 2 fully saturated rings. The number of fused-ring (bicyclic) bond motifs is 1. The molecular weight excluding hydrogens is 282 g/mol. The highest BCUT2D eigenvalue weighted by molar-refractivity contribution is 7.17. The maximum absolute atomic E-state index is 11.3. The minimum Gasteiger partial charge on any atom is -0.343 e. The first-order valence-corrected chi connectivity index (χ1v) is 9.00. The average Bonchev–Trinajstić information content (AvgIpc) is 2.90.